The monoisotopic (exact) mass is 275 g/mol. The van der Waals surface area contributed by atoms with Crippen molar-refractivity contribution in [1.82, 2.24) is 15.5 Å². The minimum Gasteiger partial charge on any atom is -0.348 e. The number of hydrogen-bond donors (Lipinski definition) is 2. The Morgan fingerprint density at radius 3 is 2.55 bits per heavy atom. The van der Waals surface area contributed by atoms with Gasteiger partial charge in [0.2, 0.25) is 0 Å². The molecule has 1 aromatic carbocycles. The molecule has 1 heterocycles. The molecule has 0 atom stereocenters. The Hall–Kier alpha value is -1.88. The van der Waals surface area contributed by atoms with Crippen molar-refractivity contribution in [2.45, 2.75) is 12.8 Å². The van der Waals surface area contributed by atoms with Gasteiger partial charge in [-0.3, -0.25) is 9.59 Å². The topological polar surface area (TPSA) is 61.4 Å². The van der Waals surface area contributed by atoms with Crippen LogP contribution in [0.2, 0.25) is 0 Å². The summed E-state index contributed by atoms with van der Waals surface area (Å²) in [5.41, 5.74) is 1.25. The van der Waals surface area contributed by atoms with Crippen LogP contribution in [-0.4, -0.2) is 49.4 Å². The van der Waals surface area contributed by atoms with Gasteiger partial charge in [0.25, 0.3) is 0 Å². The van der Waals surface area contributed by atoms with Gasteiger partial charge in [0, 0.05) is 32.7 Å². The van der Waals surface area contributed by atoms with Gasteiger partial charge in [0.15, 0.2) is 0 Å². The molecule has 0 radical (unpaired) electrons. The molecule has 1 aromatic rings. The average Bonchev–Trinajstić information content (AvgIpc) is 2.52. The summed E-state index contributed by atoms with van der Waals surface area (Å²) in [7, 11) is 0. The first kappa shape index (κ1) is 14.5. The van der Waals surface area contributed by atoms with Gasteiger partial charge in [-0.1, -0.05) is 30.3 Å². The molecule has 2 amide bonds. The molecule has 0 spiro atoms. The highest BCUT2D eigenvalue weighted by Gasteiger charge is 2.22. The fourth-order valence-electron chi connectivity index (χ4n) is 2.23. The summed E-state index contributed by atoms with van der Waals surface area (Å²) >= 11 is 0. The molecule has 1 aliphatic heterocycles. The van der Waals surface area contributed by atoms with Crippen molar-refractivity contribution in [2.24, 2.45) is 0 Å². The third kappa shape index (κ3) is 4.35. The van der Waals surface area contributed by atoms with E-state index in [1.807, 2.05) is 18.2 Å². The van der Waals surface area contributed by atoms with Gasteiger partial charge in [0.05, 0.1) is 0 Å². The third-order valence-corrected chi connectivity index (χ3v) is 3.37. The van der Waals surface area contributed by atoms with Gasteiger partial charge in [-0.25, -0.2) is 0 Å². The molecule has 5 heteroatoms. The Balaban J connectivity index is 1.65. The van der Waals surface area contributed by atoms with Crippen LogP contribution in [0.1, 0.15) is 12.0 Å². The Labute approximate surface area is 119 Å². The molecule has 1 saturated heterocycles. The predicted molar refractivity (Wildman–Crippen MR) is 77.2 cm³/mol. The van der Waals surface area contributed by atoms with E-state index in [0.29, 0.717) is 19.6 Å². The van der Waals surface area contributed by atoms with Crippen molar-refractivity contribution in [1.29, 1.82) is 0 Å². The van der Waals surface area contributed by atoms with Crippen LogP contribution in [0, 0.1) is 0 Å². The van der Waals surface area contributed by atoms with Gasteiger partial charge in [0.1, 0.15) is 0 Å². The van der Waals surface area contributed by atoms with Crippen LogP contribution in [0.25, 0.3) is 0 Å². The lowest BCUT2D eigenvalue weighted by molar-refractivity contribution is -0.146. The van der Waals surface area contributed by atoms with E-state index in [1.54, 1.807) is 4.90 Å². The van der Waals surface area contributed by atoms with Crippen LogP contribution in [0.15, 0.2) is 30.3 Å². The van der Waals surface area contributed by atoms with E-state index in [4.69, 9.17) is 0 Å². The summed E-state index contributed by atoms with van der Waals surface area (Å²) in [6.45, 7) is 3.26. The highest BCUT2D eigenvalue weighted by atomic mass is 16.2. The summed E-state index contributed by atoms with van der Waals surface area (Å²) in [4.78, 5) is 25.2. The molecule has 0 aliphatic carbocycles. The van der Waals surface area contributed by atoms with Crippen LogP contribution in [0.5, 0.6) is 0 Å². The SMILES string of the molecule is O=C(NCCCc1ccccc1)C(=O)N1CCNCC1. The Morgan fingerprint density at radius 2 is 1.85 bits per heavy atom. The molecule has 108 valence electrons. The first-order valence-corrected chi connectivity index (χ1v) is 7.09. The fraction of sp³-hybridized carbons (Fsp3) is 0.467. The normalized spacial score (nSPS) is 14.9. The summed E-state index contributed by atoms with van der Waals surface area (Å²) in [5, 5.41) is 5.85. The summed E-state index contributed by atoms with van der Waals surface area (Å²) in [5.74, 6) is -0.897. The van der Waals surface area contributed by atoms with E-state index in [1.165, 1.54) is 5.56 Å². The van der Waals surface area contributed by atoms with Gasteiger partial charge in [-0.15, -0.1) is 0 Å². The molecular formula is C15H21N3O2. The second kappa shape index (κ2) is 7.65. The number of benzene rings is 1. The van der Waals surface area contributed by atoms with Crippen molar-refractivity contribution >= 4 is 11.8 Å². The highest BCUT2D eigenvalue weighted by Crippen LogP contribution is 2.01. The molecule has 2 rings (SSSR count). The van der Waals surface area contributed by atoms with Crippen LogP contribution in [-0.2, 0) is 16.0 Å². The van der Waals surface area contributed by atoms with Gasteiger partial charge < -0.3 is 15.5 Å². The lowest BCUT2D eigenvalue weighted by atomic mass is 10.1. The second-order valence-electron chi connectivity index (χ2n) is 4.89. The minimum atomic E-state index is -0.486. The van der Waals surface area contributed by atoms with Gasteiger partial charge >= 0.3 is 11.8 Å². The van der Waals surface area contributed by atoms with Crippen LogP contribution >= 0.6 is 0 Å². The average molecular weight is 275 g/mol. The number of aryl methyl sites for hydroxylation is 1. The summed E-state index contributed by atoms with van der Waals surface area (Å²) in [6.07, 6.45) is 1.74. The van der Waals surface area contributed by atoms with E-state index in [9.17, 15) is 9.59 Å². The number of hydrogen-bond acceptors (Lipinski definition) is 3. The zero-order valence-electron chi connectivity index (χ0n) is 11.6. The van der Waals surface area contributed by atoms with E-state index in [-0.39, 0.29) is 0 Å². The number of nitrogens with zero attached hydrogens (tertiary/aromatic N) is 1. The molecule has 5 nitrogen and oxygen atoms in total. The second-order valence-corrected chi connectivity index (χ2v) is 4.89. The van der Waals surface area contributed by atoms with Crippen LogP contribution < -0.4 is 10.6 Å². The molecule has 0 aromatic heterocycles. The predicted octanol–water partition coefficient (Wildman–Crippen LogP) is 0.167. The van der Waals surface area contributed by atoms with Gasteiger partial charge in [-0.05, 0) is 18.4 Å². The maximum Gasteiger partial charge on any atom is 0.311 e. The van der Waals surface area contributed by atoms with Crippen LogP contribution in [0.4, 0.5) is 0 Å². The minimum absolute atomic E-state index is 0.411. The van der Waals surface area contributed by atoms with E-state index < -0.39 is 11.8 Å². The number of rotatable bonds is 4. The number of amides is 2. The summed E-state index contributed by atoms with van der Waals surface area (Å²) < 4.78 is 0. The first-order valence-electron chi connectivity index (χ1n) is 7.09. The van der Waals surface area contributed by atoms with Crippen molar-refractivity contribution in [3.05, 3.63) is 35.9 Å². The number of carbonyl (C=O) groups is 2. The largest absolute Gasteiger partial charge is 0.348 e. The molecule has 2 N–H and O–H groups in total. The third-order valence-electron chi connectivity index (χ3n) is 3.37. The Morgan fingerprint density at radius 1 is 1.15 bits per heavy atom. The Bertz CT molecular complexity index is 442. The number of nitrogens with one attached hydrogen (secondary N) is 2. The zero-order valence-corrected chi connectivity index (χ0v) is 11.6. The summed E-state index contributed by atoms with van der Waals surface area (Å²) in [6, 6.07) is 10.1. The van der Waals surface area contributed by atoms with E-state index in [2.05, 4.69) is 22.8 Å². The van der Waals surface area contributed by atoms with E-state index in [0.717, 1.165) is 25.9 Å². The zero-order chi connectivity index (χ0) is 14.2. The standard InChI is InChI=1S/C15H21N3O2/c19-14(15(20)18-11-9-16-10-12-18)17-8-4-7-13-5-2-1-3-6-13/h1-3,5-6,16H,4,7-12H2,(H,17,19). The van der Waals surface area contributed by atoms with Crippen molar-refractivity contribution < 1.29 is 9.59 Å². The van der Waals surface area contributed by atoms with Crippen LogP contribution in [0.3, 0.4) is 0 Å². The smallest absolute Gasteiger partial charge is 0.311 e. The molecule has 1 fully saturated rings. The molecule has 1 aliphatic rings. The maximum absolute atomic E-state index is 11.8. The number of carbonyl (C=O) groups excluding carboxylic acids is 2. The maximum atomic E-state index is 11.8. The van der Waals surface area contributed by atoms with Crippen molar-refractivity contribution in [2.75, 3.05) is 32.7 Å². The number of piperazine rings is 1. The lowest BCUT2D eigenvalue weighted by Gasteiger charge is -2.26. The molecular weight excluding hydrogens is 254 g/mol. The van der Waals surface area contributed by atoms with Crippen molar-refractivity contribution in [3.8, 4) is 0 Å². The molecule has 20 heavy (non-hydrogen) atoms. The first-order chi connectivity index (χ1) is 9.77. The quantitative estimate of drug-likeness (QED) is 0.608. The molecule has 0 bridgehead atoms. The molecule has 0 saturated carbocycles. The lowest BCUT2D eigenvalue weighted by Crippen LogP contribution is -2.51. The fourth-order valence-corrected chi connectivity index (χ4v) is 2.23. The highest BCUT2D eigenvalue weighted by molar-refractivity contribution is 6.35. The Kier molecular flexibility index (Phi) is 5.55. The molecule has 0 unspecified atom stereocenters. The van der Waals surface area contributed by atoms with E-state index >= 15 is 0 Å². The van der Waals surface area contributed by atoms with Gasteiger partial charge in [-0.2, -0.15) is 0 Å². The van der Waals surface area contributed by atoms with Crippen molar-refractivity contribution in [3.63, 3.8) is 0 Å².